The van der Waals surface area contributed by atoms with Gasteiger partial charge in [0.05, 0.1) is 9.83 Å². The Morgan fingerprint density at radius 2 is 1.94 bits per heavy atom. The molecule has 1 aromatic carbocycles. The van der Waals surface area contributed by atoms with E-state index in [2.05, 4.69) is 31.9 Å². The van der Waals surface area contributed by atoms with Crippen molar-refractivity contribution in [3.63, 3.8) is 0 Å². The highest BCUT2D eigenvalue weighted by Crippen LogP contribution is 2.34. The van der Waals surface area contributed by atoms with E-state index >= 15 is 0 Å². The molecule has 0 amide bonds. The van der Waals surface area contributed by atoms with Crippen LogP contribution >= 0.6 is 54.8 Å². The topological polar surface area (TPSA) is 26.0 Å². The lowest BCUT2D eigenvalue weighted by Crippen LogP contribution is -2.10. The molecule has 2 rings (SSSR count). The van der Waals surface area contributed by atoms with Gasteiger partial charge in [0.15, 0.2) is 0 Å². The number of rotatable bonds is 2. The van der Waals surface area contributed by atoms with E-state index in [0.717, 1.165) is 18.7 Å². The predicted octanol–water partition coefficient (Wildman–Crippen LogP) is 4.97. The molecule has 0 saturated carbocycles. The molecule has 5 heteroatoms. The molecule has 84 valence electrons. The zero-order valence-corrected chi connectivity index (χ0v) is 12.8. The van der Waals surface area contributed by atoms with Crippen LogP contribution in [0.25, 0.3) is 0 Å². The molecule has 0 aliphatic rings. The van der Waals surface area contributed by atoms with Crippen molar-refractivity contribution >= 4 is 54.8 Å². The number of halogens is 3. The molecule has 0 aliphatic heterocycles. The van der Waals surface area contributed by atoms with Gasteiger partial charge in [0.2, 0.25) is 0 Å². The minimum atomic E-state index is -0.149. The third-order valence-corrected chi connectivity index (χ3v) is 4.86. The number of hydrogen-bond acceptors (Lipinski definition) is 2. The third-order valence-electron chi connectivity index (χ3n) is 2.19. The first-order chi connectivity index (χ1) is 7.58. The van der Waals surface area contributed by atoms with Crippen LogP contribution in [0.2, 0.25) is 5.02 Å². The molecule has 0 saturated heterocycles. The average Bonchev–Trinajstić information content (AvgIpc) is 2.67. The summed E-state index contributed by atoms with van der Waals surface area (Å²) in [6.45, 7) is 0. The predicted molar refractivity (Wildman–Crippen MR) is 77.2 cm³/mol. The fraction of sp³-hybridized carbons (Fsp3) is 0.0909. The highest BCUT2D eigenvalue weighted by atomic mass is 79.9. The van der Waals surface area contributed by atoms with Crippen LogP contribution in [0.3, 0.4) is 0 Å². The molecule has 0 aliphatic carbocycles. The fourth-order valence-electron chi connectivity index (χ4n) is 1.40. The van der Waals surface area contributed by atoms with Gasteiger partial charge in [-0.15, -0.1) is 11.3 Å². The molecule has 2 N–H and O–H groups in total. The van der Waals surface area contributed by atoms with Crippen LogP contribution in [0, 0.1) is 0 Å². The minimum absolute atomic E-state index is 0.149. The number of thiophene rings is 1. The van der Waals surface area contributed by atoms with Crippen molar-refractivity contribution in [3.8, 4) is 0 Å². The second-order valence-corrected chi connectivity index (χ2v) is 7.07. The van der Waals surface area contributed by atoms with E-state index in [4.69, 9.17) is 17.3 Å². The molecule has 0 bridgehead atoms. The molecule has 2 aromatic rings. The normalized spacial score (nSPS) is 12.8. The Bertz CT molecular complexity index is 512. The quantitative estimate of drug-likeness (QED) is 0.780. The van der Waals surface area contributed by atoms with Gasteiger partial charge in [-0.3, -0.25) is 0 Å². The smallest absolute Gasteiger partial charge is 0.0702 e. The maximum atomic E-state index is 6.20. The van der Waals surface area contributed by atoms with E-state index < -0.39 is 0 Å². The Morgan fingerprint density at radius 1 is 1.19 bits per heavy atom. The number of hydrogen-bond donors (Lipinski definition) is 1. The maximum Gasteiger partial charge on any atom is 0.0702 e. The lowest BCUT2D eigenvalue weighted by Gasteiger charge is -2.12. The van der Waals surface area contributed by atoms with Gasteiger partial charge in [0, 0.05) is 14.4 Å². The summed E-state index contributed by atoms with van der Waals surface area (Å²) in [6.07, 6.45) is 0. The van der Waals surface area contributed by atoms with E-state index in [1.165, 1.54) is 0 Å². The van der Waals surface area contributed by atoms with Crippen LogP contribution in [0.15, 0.2) is 38.6 Å². The summed E-state index contributed by atoms with van der Waals surface area (Å²) in [7, 11) is 0. The molecular formula is C11H8Br2ClNS. The molecule has 1 unspecified atom stereocenters. The van der Waals surface area contributed by atoms with Crippen LogP contribution in [-0.4, -0.2) is 0 Å². The Kier molecular flexibility index (Phi) is 4.08. The van der Waals surface area contributed by atoms with Gasteiger partial charge >= 0.3 is 0 Å². The summed E-state index contributed by atoms with van der Waals surface area (Å²) >= 11 is 14.5. The van der Waals surface area contributed by atoms with E-state index in [1.54, 1.807) is 11.3 Å². The van der Waals surface area contributed by atoms with E-state index in [-0.39, 0.29) is 6.04 Å². The zero-order valence-electron chi connectivity index (χ0n) is 8.08. The summed E-state index contributed by atoms with van der Waals surface area (Å²) in [4.78, 5) is 1.11. The first-order valence-corrected chi connectivity index (χ1v) is 7.32. The minimum Gasteiger partial charge on any atom is -0.320 e. The summed E-state index contributed by atoms with van der Waals surface area (Å²) in [5.41, 5.74) is 7.20. The molecular weight excluding hydrogens is 373 g/mol. The largest absolute Gasteiger partial charge is 0.320 e. The van der Waals surface area contributed by atoms with Crippen molar-refractivity contribution in [3.05, 3.63) is 54.1 Å². The van der Waals surface area contributed by atoms with E-state index in [9.17, 15) is 0 Å². The van der Waals surface area contributed by atoms with Crippen LogP contribution in [0.5, 0.6) is 0 Å². The highest BCUT2D eigenvalue weighted by Gasteiger charge is 2.14. The van der Waals surface area contributed by atoms with Crippen molar-refractivity contribution in [1.82, 2.24) is 0 Å². The van der Waals surface area contributed by atoms with Gasteiger partial charge in [-0.2, -0.15) is 0 Å². The summed E-state index contributed by atoms with van der Waals surface area (Å²) in [6, 6.07) is 9.52. The second-order valence-electron chi connectivity index (χ2n) is 3.29. The van der Waals surface area contributed by atoms with Crippen molar-refractivity contribution in [1.29, 1.82) is 0 Å². The van der Waals surface area contributed by atoms with Crippen molar-refractivity contribution in [2.75, 3.05) is 0 Å². The third kappa shape index (κ3) is 2.68. The molecule has 0 radical (unpaired) electrons. The van der Waals surface area contributed by atoms with E-state index in [0.29, 0.717) is 5.02 Å². The first-order valence-electron chi connectivity index (χ1n) is 4.53. The Labute approximate surface area is 120 Å². The van der Waals surface area contributed by atoms with Crippen LogP contribution in [-0.2, 0) is 0 Å². The summed E-state index contributed by atoms with van der Waals surface area (Å²) in [5, 5.41) is 0.698. The molecule has 1 atom stereocenters. The molecule has 0 spiro atoms. The molecule has 1 aromatic heterocycles. The van der Waals surface area contributed by atoms with Crippen molar-refractivity contribution in [2.45, 2.75) is 6.04 Å². The van der Waals surface area contributed by atoms with Crippen molar-refractivity contribution < 1.29 is 0 Å². The second kappa shape index (κ2) is 5.19. The monoisotopic (exact) mass is 379 g/mol. The zero-order chi connectivity index (χ0) is 11.7. The molecule has 0 fully saturated rings. The number of nitrogens with two attached hydrogens (primary N) is 1. The van der Waals surface area contributed by atoms with Crippen LogP contribution in [0.4, 0.5) is 0 Å². The van der Waals surface area contributed by atoms with Crippen LogP contribution < -0.4 is 5.73 Å². The molecule has 1 nitrogen and oxygen atoms in total. The maximum absolute atomic E-state index is 6.20. The van der Waals surface area contributed by atoms with Gasteiger partial charge in [0.1, 0.15) is 0 Å². The van der Waals surface area contributed by atoms with Gasteiger partial charge in [0.25, 0.3) is 0 Å². The van der Waals surface area contributed by atoms with Gasteiger partial charge in [-0.25, -0.2) is 0 Å². The first kappa shape index (κ1) is 12.6. The molecule has 16 heavy (non-hydrogen) atoms. The van der Waals surface area contributed by atoms with Gasteiger partial charge in [-0.1, -0.05) is 27.5 Å². The fourth-order valence-corrected chi connectivity index (χ4v) is 3.52. The average molecular weight is 382 g/mol. The van der Waals surface area contributed by atoms with Gasteiger partial charge < -0.3 is 5.73 Å². The summed E-state index contributed by atoms with van der Waals surface area (Å²) in [5.74, 6) is 0. The van der Waals surface area contributed by atoms with Crippen LogP contribution in [0.1, 0.15) is 16.5 Å². The van der Waals surface area contributed by atoms with Crippen molar-refractivity contribution in [2.24, 2.45) is 5.73 Å². The lowest BCUT2D eigenvalue weighted by molar-refractivity contribution is 0.887. The Balaban J connectivity index is 2.40. The summed E-state index contributed by atoms with van der Waals surface area (Å²) < 4.78 is 2.06. The SMILES string of the molecule is NC(c1ccc(Br)s1)c1cc(Cl)ccc1Br. The standard InChI is InChI=1S/C11H8Br2ClNS/c12-8-2-1-6(14)5-7(8)11(15)9-3-4-10(13)16-9/h1-5,11H,15H2. The Morgan fingerprint density at radius 3 is 2.56 bits per heavy atom. The van der Waals surface area contributed by atoms with E-state index in [1.807, 2.05) is 30.3 Å². The lowest BCUT2D eigenvalue weighted by atomic mass is 10.1. The number of benzene rings is 1. The highest BCUT2D eigenvalue weighted by molar-refractivity contribution is 9.11. The molecule has 1 heterocycles. The van der Waals surface area contributed by atoms with Gasteiger partial charge in [-0.05, 0) is 51.8 Å². The Hall–Kier alpha value is 0.130.